The Hall–Kier alpha value is -1.67. The number of amides is 1. The Labute approximate surface area is 161 Å². The fraction of sp³-hybridized carbons (Fsp3) is 0.500. The number of likely N-dealkylation sites (N-methyl/N-ethyl adjacent to an activating group) is 1. The Morgan fingerprint density at radius 2 is 2.00 bits per heavy atom. The molecule has 1 aliphatic carbocycles. The largest absolute Gasteiger partial charge is 0.479 e. The lowest BCUT2D eigenvalue weighted by Gasteiger charge is -2.25. The maximum atomic E-state index is 12.4. The zero-order valence-corrected chi connectivity index (χ0v) is 17.0. The topological polar surface area (TPSA) is 79.2 Å². The molecule has 1 saturated carbocycles. The van der Waals surface area contributed by atoms with Gasteiger partial charge in [-0.05, 0) is 30.8 Å². The van der Waals surface area contributed by atoms with Crippen LogP contribution in [-0.4, -0.2) is 51.4 Å². The van der Waals surface area contributed by atoms with E-state index in [1.54, 1.807) is 35.1 Å². The second-order valence-corrected chi connectivity index (χ2v) is 10.4. The Morgan fingerprint density at radius 3 is 2.50 bits per heavy atom. The molecule has 1 N–H and O–H groups in total. The zero-order valence-electron chi connectivity index (χ0n) is 15.4. The van der Waals surface area contributed by atoms with Gasteiger partial charge in [-0.25, -0.2) is 9.59 Å². The van der Waals surface area contributed by atoms with E-state index >= 15 is 0 Å². The Kier molecular flexibility index (Phi) is 6.29. The van der Waals surface area contributed by atoms with Crippen LogP contribution in [-0.2, 0) is 16.1 Å². The van der Waals surface area contributed by atoms with Crippen molar-refractivity contribution in [3.05, 3.63) is 29.8 Å². The molecule has 0 bridgehead atoms. The number of aliphatic carboxylic acids is 1. The average Bonchev–Trinajstić information content (AvgIpc) is 3.33. The smallest absolute Gasteiger partial charge is 0.410 e. The van der Waals surface area contributed by atoms with Crippen LogP contribution in [0.4, 0.5) is 10.5 Å². The van der Waals surface area contributed by atoms with Crippen molar-refractivity contribution in [2.24, 2.45) is 4.99 Å². The molecule has 0 saturated heterocycles. The van der Waals surface area contributed by atoms with Crippen molar-refractivity contribution >= 4 is 46.1 Å². The van der Waals surface area contributed by atoms with E-state index in [2.05, 4.69) is 32.5 Å². The Bertz CT molecular complexity index is 687. The van der Waals surface area contributed by atoms with Crippen molar-refractivity contribution in [1.29, 1.82) is 0 Å². The van der Waals surface area contributed by atoms with Crippen LogP contribution in [0.2, 0.25) is 0 Å². The first-order valence-electron chi connectivity index (χ1n) is 8.14. The van der Waals surface area contributed by atoms with Crippen LogP contribution in [0.5, 0.6) is 0 Å². The van der Waals surface area contributed by atoms with Gasteiger partial charge in [-0.1, -0.05) is 54.5 Å². The van der Waals surface area contributed by atoms with E-state index in [4.69, 9.17) is 4.74 Å². The van der Waals surface area contributed by atoms with Gasteiger partial charge in [0.15, 0.2) is 5.54 Å². The maximum Gasteiger partial charge on any atom is 0.410 e. The molecule has 0 aliphatic heterocycles. The van der Waals surface area contributed by atoms with Gasteiger partial charge in [0.1, 0.15) is 6.61 Å². The van der Waals surface area contributed by atoms with Gasteiger partial charge in [-0.15, -0.1) is 0 Å². The van der Waals surface area contributed by atoms with Gasteiger partial charge in [0.25, 0.3) is 0 Å². The van der Waals surface area contributed by atoms with E-state index in [1.165, 1.54) is 22.7 Å². The molecule has 2 atom stereocenters. The molecule has 142 valence electrons. The number of aliphatic imine (C=N–C) groups is 1. The normalized spacial score (nSPS) is 21.8. The van der Waals surface area contributed by atoms with Crippen LogP contribution in [0, 0.1) is 0 Å². The van der Waals surface area contributed by atoms with Crippen molar-refractivity contribution < 1.29 is 19.4 Å². The number of nitrogens with zero attached hydrogens (tertiary/aromatic N) is 2. The number of carboxylic acid groups (broad SMARTS) is 1. The van der Waals surface area contributed by atoms with E-state index in [1.807, 2.05) is 0 Å². The summed E-state index contributed by atoms with van der Waals surface area (Å²) < 4.78 is 5.31. The second-order valence-electron chi connectivity index (χ2n) is 7.15. The van der Waals surface area contributed by atoms with Crippen molar-refractivity contribution in [3.63, 3.8) is 0 Å². The first kappa shape index (κ1) is 20.6. The predicted molar refractivity (Wildman–Crippen MR) is 107 cm³/mol. The van der Waals surface area contributed by atoms with E-state index in [0.717, 1.165) is 11.3 Å². The minimum atomic E-state index is -1.20. The number of carbonyl (C=O) groups is 2. The highest BCUT2D eigenvalue weighted by Crippen LogP contribution is 2.56. The summed E-state index contributed by atoms with van der Waals surface area (Å²) in [4.78, 5) is 29.2. The quantitative estimate of drug-likeness (QED) is 0.545. The standard InChI is InChI=1S/C18H24N2O4S2/c1-17(2,3)26-25-14-10-18(14,15(21)22)20(5)16(23)24-11-12-6-8-13(19-4)9-7-12/h6-9,14H,4,10-11H2,1-3,5H3,(H,21,22)/t14-,18?/m1/s1. The van der Waals surface area contributed by atoms with Crippen LogP contribution >= 0.6 is 21.6 Å². The van der Waals surface area contributed by atoms with Crippen molar-refractivity contribution in [3.8, 4) is 0 Å². The molecule has 1 aromatic rings. The minimum Gasteiger partial charge on any atom is -0.479 e. The van der Waals surface area contributed by atoms with Crippen LogP contribution in [0.3, 0.4) is 0 Å². The molecule has 0 spiro atoms. The second kappa shape index (κ2) is 7.92. The summed E-state index contributed by atoms with van der Waals surface area (Å²) in [5.41, 5.74) is 0.334. The summed E-state index contributed by atoms with van der Waals surface area (Å²) in [6.45, 7) is 9.73. The zero-order chi connectivity index (χ0) is 19.5. The number of ether oxygens (including phenoxy) is 1. The van der Waals surface area contributed by atoms with Crippen molar-refractivity contribution in [1.82, 2.24) is 4.90 Å². The van der Waals surface area contributed by atoms with Gasteiger partial charge in [0.2, 0.25) is 0 Å². The molecular formula is C18H24N2O4S2. The van der Waals surface area contributed by atoms with Gasteiger partial charge in [-0.2, -0.15) is 0 Å². The lowest BCUT2D eigenvalue weighted by Crippen LogP contribution is -2.47. The van der Waals surface area contributed by atoms with Crippen molar-refractivity contribution in [2.45, 2.75) is 49.3 Å². The van der Waals surface area contributed by atoms with Crippen LogP contribution in [0.15, 0.2) is 29.3 Å². The highest BCUT2D eigenvalue weighted by Gasteiger charge is 2.66. The molecule has 8 heteroatoms. The van der Waals surface area contributed by atoms with Crippen LogP contribution in [0.1, 0.15) is 32.8 Å². The molecule has 2 rings (SSSR count). The van der Waals surface area contributed by atoms with E-state index in [0.29, 0.717) is 6.42 Å². The monoisotopic (exact) mass is 396 g/mol. The molecule has 0 radical (unpaired) electrons. The third-order valence-corrected chi connectivity index (χ3v) is 7.88. The fourth-order valence-electron chi connectivity index (χ4n) is 2.36. The Morgan fingerprint density at radius 1 is 1.38 bits per heavy atom. The highest BCUT2D eigenvalue weighted by molar-refractivity contribution is 8.77. The van der Waals surface area contributed by atoms with Gasteiger partial charge in [-0.3, -0.25) is 9.89 Å². The van der Waals surface area contributed by atoms with Gasteiger partial charge < -0.3 is 9.84 Å². The summed E-state index contributed by atoms with van der Waals surface area (Å²) in [5, 5.41) is 9.52. The molecule has 26 heavy (non-hydrogen) atoms. The summed E-state index contributed by atoms with van der Waals surface area (Å²) in [7, 11) is 4.64. The summed E-state index contributed by atoms with van der Waals surface area (Å²) in [6.07, 6.45) is -0.219. The summed E-state index contributed by atoms with van der Waals surface area (Å²) in [6, 6.07) is 7.13. The highest BCUT2D eigenvalue weighted by atomic mass is 33.1. The molecule has 0 aromatic heterocycles. The van der Waals surface area contributed by atoms with Gasteiger partial charge in [0.05, 0.1) is 10.9 Å². The number of benzene rings is 1. The van der Waals surface area contributed by atoms with Crippen molar-refractivity contribution in [2.75, 3.05) is 7.05 Å². The van der Waals surface area contributed by atoms with Gasteiger partial charge in [0, 0.05) is 11.8 Å². The average molecular weight is 397 g/mol. The molecular weight excluding hydrogens is 372 g/mol. The van der Waals surface area contributed by atoms with E-state index < -0.39 is 17.6 Å². The van der Waals surface area contributed by atoms with E-state index in [9.17, 15) is 14.7 Å². The van der Waals surface area contributed by atoms with E-state index in [-0.39, 0.29) is 16.6 Å². The Balaban J connectivity index is 1.96. The fourth-order valence-corrected chi connectivity index (χ4v) is 5.40. The van der Waals surface area contributed by atoms with Crippen LogP contribution in [0.25, 0.3) is 0 Å². The summed E-state index contributed by atoms with van der Waals surface area (Å²) >= 11 is 0. The molecule has 1 fully saturated rings. The third kappa shape index (κ3) is 4.73. The number of rotatable bonds is 7. The molecule has 0 heterocycles. The number of carbonyl (C=O) groups excluding carboxylic acids is 1. The number of hydrogen-bond acceptors (Lipinski definition) is 6. The minimum absolute atomic E-state index is 0.0169. The first-order chi connectivity index (χ1) is 12.1. The lowest BCUT2D eigenvalue weighted by atomic mass is 10.2. The number of carboxylic acids is 1. The lowest BCUT2D eigenvalue weighted by molar-refractivity contribution is -0.143. The SMILES string of the molecule is C=Nc1ccc(COC(=O)N(C)C2(C(=O)O)C[C@H]2SSC(C)(C)C)cc1. The molecule has 1 amide bonds. The molecule has 1 aliphatic rings. The number of hydrogen-bond donors (Lipinski definition) is 1. The van der Waals surface area contributed by atoms with Crippen LogP contribution < -0.4 is 0 Å². The molecule has 6 nitrogen and oxygen atoms in total. The molecule has 1 unspecified atom stereocenters. The summed E-state index contributed by atoms with van der Waals surface area (Å²) in [5.74, 6) is -0.995. The first-order valence-corrected chi connectivity index (χ1v) is 10.4. The predicted octanol–water partition coefficient (Wildman–Crippen LogP) is 4.36. The maximum absolute atomic E-state index is 12.4. The molecule has 1 aromatic carbocycles. The third-order valence-electron chi connectivity index (χ3n) is 4.01. The van der Waals surface area contributed by atoms with Gasteiger partial charge >= 0.3 is 12.1 Å².